The summed E-state index contributed by atoms with van der Waals surface area (Å²) >= 11 is 0. The molecule has 0 saturated carbocycles. The van der Waals surface area contributed by atoms with Crippen molar-refractivity contribution in [1.82, 2.24) is 20.3 Å². The van der Waals surface area contributed by atoms with Crippen molar-refractivity contribution in [3.8, 4) is 5.69 Å². The van der Waals surface area contributed by atoms with Crippen molar-refractivity contribution in [1.29, 1.82) is 0 Å². The molecule has 0 aliphatic heterocycles. The van der Waals surface area contributed by atoms with E-state index in [1.165, 1.54) is 11.1 Å². The number of rotatable bonds is 4. The first-order valence-corrected chi connectivity index (χ1v) is 6.82. The van der Waals surface area contributed by atoms with Crippen LogP contribution in [-0.2, 0) is 0 Å². The lowest BCUT2D eigenvalue weighted by Gasteiger charge is -2.08. The molecule has 5 heteroatoms. The molecule has 1 aromatic heterocycles. The molecule has 1 unspecified atom stereocenters. The van der Waals surface area contributed by atoms with Gasteiger partial charge in [0, 0.05) is 6.04 Å². The van der Waals surface area contributed by atoms with Gasteiger partial charge in [0.15, 0.2) is 5.69 Å². The van der Waals surface area contributed by atoms with Gasteiger partial charge in [-0.2, -0.15) is 0 Å². The number of benzene rings is 1. The molecule has 1 heterocycles. The molecule has 0 fully saturated rings. The highest BCUT2D eigenvalue weighted by Gasteiger charge is 2.13. The van der Waals surface area contributed by atoms with E-state index in [-0.39, 0.29) is 11.9 Å². The lowest BCUT2D eigenvalue weighted by Crippen LogP contribution is -2.32. The lowest BCUT2D eigenvalue weighted by molar-refractivity contribution is 0.0934. The number of carbonyl (C=O) groups excluding carboxylic acids is 1. The summed E-state index contributed by atoms with van der Waals surface area (Å²) < 4.78 is 1.62. The van der Waals surface area contributed by atoms with Crippen LogP contribution in [0.25, 0.3) is 5.69 Å². The fourth-order valence-corrected chi connectivity index (χ4v) is 1.76. The van der Waals surface area contributed by atoms with Crippen LogP contribution >= 0.6 is 0 Å². The van der Waals surface area contributed by atoms with E-state index in [0.717, 1.165) is 12.1 Å². The monoisotopic (exact) mass is 272 g/mol. The molecule has 0 bridgehead atoms. The Morgan fingerprint density at radius 2 is 2.10 bits per heavy atom. The van der Waals surface area contributed by atoms with Crippen LogP contribution in [0, 0.1) is 13.8 Å². The highest BCUT2D eigenvalue weighted by Crippen LogP contribution is 2.13. The highest BCUT2D eigenvalue weighted by atomic mass is 16.2. The average molecular weight is 272 g/mol. The van der Waals surface area contributed by atoms with E-state index < -0.39 is 0 Å². The van der Waals surface area contributed by atoms with E-state index in [1.807, 2.05) is 39.0 Å². The van der Waals surface area contributed by atoms with Crippen LogP contribution in [0.5, 0.6) is 0 Å². The van der Waals surface area contributed by atoms with E-state index in [9.17, 15) is 4.79 Å². The molecule has 0 spiro atoms. The zero-order valence-electron chi connectivity index (χ0n) is 12.3. The molecule has 106 valence electrons. The maximum Gasteiger partial charge on any atom is 0.273 e. The van der Waals surface area contributed by atoms with Gasteiger partial charge < -0.3 is 5.32 Å². The Hall–Kier alpha value is -2.17. The molecule has 2 aromatic rings. The SMILES string of the molecule is CCC(C)NC(=O)c1cn(-c2ccc(C)c(C)c2)nn1. The number of hydrogen-bond acceptors (Lipinski definition) is 3. The summed E-state index contributed by atoms with van der Waals surface area (Å²) in [6.45, 7) is 8.10. The van der Waals surface area contributed by atoms with E-state index in [2.05, 4.69) is 22.6 Å². The third-order valence-corrected chi connectivity index (χ3v) is 3.47. The molecule has 1 atom stereocenters. The van der Waals surface area contributed by atoms with Gasteiger partial charge in [-0.05, 0) is 50.5 Å². The summed E-state index contributed by atoms with van der Waals surface area (Å²) in [7, 11) is 0. The maximum atomic E-state index is 12.0. The Balaban J connectivity index is 2.20. The van der Waals surface area contributed by atoms with Crippen molar-refractivity contribution in [2.24, 2.45) is 0 Å². The largest absolute Gasteiger partial charge is 0.348 e. The Morgan fingerprint density at radius 1 is 1.35 bits per heavy atom. The zero-order valence-corrected chi connectivity index (χ0v) is 12.3. The molecule has 0 saturated heterocycles. The summed E-state index contributed by atoms with van der Waals surface area (Å²) in [6, 6.07) is 6.16. The number of nitrogens with one attached hydrogen (secondary N) is 1. The van der Waals surface area contributed by atoms with Crippen LogP contribution < -0.4 is 5.32 Å². The molecule has 1 aromatic carbocycles. The van der Waals surface area contributed by atoms with Crippen molar-refractivity contribution in [3.63, 3.8) is 0 Å². The van der Waals surface area contributed by atoms with Gasteiger partial charge in [0.25, 0.3) is 5.91 Å². The van der Waals surface area contributed by atoms with Gasteiger partial charge >= 0.3 is 0 Å². The third kappa shape index (κ3) is 3.04. The topological polar surface area (TPSA) is 59.8 Å². The summed E-state index contributed by atoms with van der Waals surface area (Å²) in [6.07, 6.45) is 2.54. The van der Waals surface area contributed by atoms with Gasteiger partial charge in [-0.15, -0.1) is 5.10 Å². The van der Waals surface area contributed by atoms with E-state index in [1.54, 1.807) is 10.9 Å². The molecule has 1 N–H and O–H groups in total. The summed E-state index contributed by atoms with van der Waals surface area (Å²) in [5.74, 6) is -0.186. The Kier molecular flexibility index (Phi) is 4.17. The standard InChI is InChI=1S/C15H20N4O/c1-5-12(4)16-15(20)14-9-19(18-17-14)13-7-6-10(2)11(3)8-13/h6-9,12H,5H2,1-4H3,(H,16,20). The zero-order chi connectivity index (χ0) is 14.7. The lowest BCUT2D eigenvalue weighted by atomic mass is 10.1. The molecule has 2 rings (SSSR count). The fourth-order valence-electron chi connectivity index (χ4n) is 1.76. The highest BCUT2D eigenvalue weighted by molar-refractivity contribution is 5.92. The Labute approximate surface area is 119 Å². The molecular formula is C15H20N4O. The first-order valence-electron chi connectivity index (χ1n) is 6.82. The third-order valence-electron chi connectivity index (χ3n) is 3.47. The number of nitrogens with zero attached hydrogens (tertiary/aromatic N) is 3. The second-order valence-electron chi connectivity index (χ2n) is 5.10. The molecule has 0 radical (unpaired) electrons. The van der Waals surface area contributed by atoms with Gasteiger partial charge in [0.05, 0.1) is 11.9 Å². The minimum Gasteiger partial charge on any atom is -0.348 e. The number of carbonyl (C=O) groups is 1. The second kappa shape index (κ2) is 5.86. The van der Waals surface area contributed by atoms with E-state index in [0.29, 0.717) is 5.69 Å². The van der Waals surface area contributed by atoms with Gasteiger partial charge in [-0.3, -0.25) is 4.79 Å². The molecule has 0 aliphatic carbocycles. The van der Waals surface area contributed by atoms with Crippen LogP contribution in [0.4, 0.5) is 0 Å². The van der Waals surface area contributed by atoms with Crippen LogP contribution in [-0.4, -0.2) is 26.9 Å². The quantitative estimate of drug-likeness (QED) is 0.929. The number of aromatic nitrogens is 3. The Bertz CT molecular complexity index is 618. The average Bonchev–Trinajstić information content (AvgIpc) is 2.91. The van der Waals surface area contributed by atoms with Crippen LogP contribution in [0.3, 0.4) is 0 Å². The molecule has 5 nitrogen and oxygen atoms in total. The van der Waals surface area contributed by atoms with Crippen molar-refractivity contribution in [2.75, 3.05) is 0 Å². The number of hydrogen-bond donors (Lipinski definition) is 1. The normalized spacial score (nSPS) is 12.2. The van der Waals surface area contributed by atoms with E-state index in [4.69, 9.17) is 0 Å². The van der Waals surface area contributed by atoms with Crippen LogP contribution in [0.15, 0.2) is 24.4 Å². The van der Waals surface area contributed by atoms with Crippen molar-refractivity contribution < 1.29 is 4.79 Å². The van der Waals surface area contributed by atoms with Crippen molar-refractivity contribution >= 4 is 5.91 Å². The van der Waals surface area contributed by atoms with Crippen LogP contribution in [0.1, 0.15) is 41.9 Å². The number of aryl methyl sites for hydroxylation is 2. The minimum atomic E-state index is -0.186. The smallest absolute Gasteiger partial charge is 0.273 e. The maximum absolute atomic E-state index is 12.0. The molecule has 1 amide bonds. The van der Waals surface area contributed by atoms with E-state index >= 15 is 0 Å². The first-order chi connectivity index (χ1) is 9.51. The predicted molar refractivity (Wildman–Crippen MR) is 78.1 cm³/mol. The minimum absolute atomic E-state index is 0.134. The first kappa shape index (κ1) is 14.2. The van der Waals surface area contributed by atoms with Crippen LogP contribution in [0.2, 0.25) is 0 Å². The van der Waals surface area contributed by atoms with Gasteiger partial charge in [-0.1, -0.05) is 18.2 Å². The van der Waals surface area contributed by atoms with Gasteiger partial charge in [0.2, 0.25) is 0 Å². The number of amides is 1. The van der Waals surface area contributed by atoms with Crippen molar-refractivity contribution in [3.05, 3.63) is 41.2 Å². The summed E-state index contributed by atoms with van der Waals surface area (Å²) in [5.41, 5.74) is 3.65. The van der Waals surface area contributed by atoms with Crippen molar-refractivity contribution in [2.45, 2.75) is 40.2 Å². The predicted octanol–water partition coefficient (Wildman–Crippen LogP) is 2.41. The second-order valence-corrected chi connectivity index (χ2v) is 5.10. The summed E-state index contributed by atoms with van der Waals surface area (Å²) in [5, 5.41) is 10.8. The molecule has 20 heavy (non-hydrogen) atoms. The summed E-state index contributed by atoms with van der Waals surface area (Å²) in [4.78, 5) is 12.0. The Morgan fingerprint density at radius 3 is 2.75 bits per heavy atom. The van der Waals surface area contributed by atoms with Gasteiger partial charge in [-0.25, -0.2) is 4.68 Å². The molecular weight excluding hydrogens is 252 g/mol. The fraction of sp³-hybridized carbons (Fsp3) is 0.400. The van der Waals surface area contributed by atoms with Gasteiger partial charge in [0.1, 0.15) is 0 Å². The molecule has 0 aliphatic rings.